The summed E-state index contributed by atoms with van der Waals surface area (Å²) >= 11 is 0. The number of hydrogen-bond acceptors (Lipinski definition) is 2. The summed E-state index contributed by atoms with van der Waals surface area (Å²) < 4.78 is 13.7. The van der Waals surface area contributed by atoms with E-state index in [-0.39, 0.29) is 23.1 Å². The Morgan fingerprint density at radius 1 is 1.00 bits per heavy atom. The summed E-state index contributed by atoms with van der Waals surface area (Å²) in [6.07, 6.45) is 0. The smallest absolute Gasteiger partial charge is 0.319 e. The fraction of sp³-hybridized carbons (Fsp3) is 0.333. The lowest BCUT2D eigenvalue weighted by molar-refractivity contribution is -0.114. The van der Waals surface area contributed by atoms with E-state index in [1.54, 1.807) is 0 Å². The van der Waals surface area contributed by atoms with Gasteiger partial charge >= 0.3 is 6.03 Å². The van der Waals surface area contributed by atoms with Crippen LogP contribution in [-0.2, 0) is 10.2 Å². The molecule has 0 aliphatic carbocycles. The van der Waals surface area contributed by atoms with Crippen molar-refractivity contribution in [3.63, 3.8) is 0 Å². The van der Waals surface area contributed by atoms with Crippen LogP contribution in [0, 0.1) is 5.82 Å². The first-order chi connectivity index (χ1) is 12.6. The lowest BCUT2D eigenvalue weighted by atomic mass is 9.86. The summed E-state index contributed by atoms with van der Waals surface area (Å²) in [7, 11) is 0. The third-order valence-corrected chi connectivity index (χ3v) is 4.16. The van der Waals surface area contributed by atoms with Gasteiger partial charge in [0.05, 0.1) is 11.7 Å². The Balaban J connectivity index is 2.02. The minimum absolute atomic E-state index is 0.0196. The molecule has 0 saturated heterocycles. The highest BCUT2D eigenvalue weighted by Crippen LogP contribution is 2.24. The summed E-state index contributed by atoms with van der Waals surface area (Å²) in [5, 5.41) is 7.88. The first-order valence-corrected chi connectivity index (χ1v) is 8.81. The summed E-state index contributed by atoms with van der Waals surface area (Å²) in [5.41, 5.74) is 2.68. The van der Waals surface area contributed by atoms with Crippen LogP contribution < -0.4 is 16.0 Å². The highest BCUT2D eigenvalue weighted by Gasteiger charge is 2.15. The van der Waals surface area contributed by atoms with Gasteiger partial charge in [-0.25, -0.2) is 9.18 Å². The summed E-state index contributed by atoms with van der Waals surface area (Å²) in [5.74, 6) is -0.953. The number of rotatable bonds is 4. The molecule has 3 amide bonds. The fourth-order valence-corrected chi connectivity index (χ4v) is 2.61. The first-order valence-electron chi connectivity index (χ1n) is 8.81. The van der Waals surface area contributed by atoms with Crippen LogP contribution in [0.5, 0.6) is 0 Å². The molecule has 0 bridgehead atoms. The van der Waals surface area contributed by atoms with Gasteiger partial charge in [-0.2, -0.15) is 0 Å². The molecular weight excluding hydrogens is 345 g/mol. The molecule has 0 radical (unpaired) electrons. The van der Waals surface area contributed by atoms with Crippen LogP contribution in [0.25, 0.3) is 0 Å². The van der Waals surface area contributed by atoms with Crippen LogP contribution >= 0.6 is 0 Å². The van der Waals surface area contributed by atoms with Crippen molar-refractivity contribution in [3.8, 4) is 0 Å². The van der Waals surface area contributed by atoms with Crippen LogP contribution in [0.2, 0.25) is 0 Å². The van der Waals surface area contributed by atoms with Crippen molar-refractivity contribution >= 4 is 23.3 Å². The third-order valence-electron chi connectivity index (χ3n) is 4.16. The maximum Gasteiger partial charge on any atom is 0.319 e. The Kier molecular flexibility index (Phi) is 6.20. The van der Waals surface area contributed by atoms with Crippen LogP contribution in [-0.4, -0.2) is 11.9 Å². The van der Waals surface area contributed by atoms with Gasteiger partial charge in [-0.3, -0.25) is 4.79 Å². The van der Waals surface area contributed by atoms with Crippen molar-refractivity contribution in [1.29, 1.82) is 0 Å². The molecule has 3 N–H and O–H groups in total. The topological polar surface area (TPSA) is 70.2 Å². The lowest BCUT2D eigenvalue weighted by Gasteiger charge is -2.21. The number of hydrogen-bond donors (Lipinski definition) is 3. The predicted octanol–water partition coefficient (Wildman–Crippen LogP) is 4.96. The predicted molar refractivity (Wildman–Crippen MR) is 106 cm³/mol. The minimum Gasteiger partial charge on any atom is -0.331 e. The first kappa shape index (κ1) is 20.4. The molecule has 2 aromatic carbocycles. The number of urea groups is 1. The van der Waals surface area contributed by atoms with Gasteiger partial charge in [-0.1, -0.05) is 45.0 Å². The molecule has 0 spiro atoms. The number of nitrogens with one attached hydrogen (secondary N) is 3. The van der Waals surface area contributed by atoms with E-state index in [0.29, 0.717) is 5.69 Å². The van der Waals surface area contributed by atoms with Gasteiger partial charge in [-0.15, -0.1) is 0 Å². The highest BCUT2D eigenvalue weighted by molar-refractivity contribution is 5.92. The van der Waals surface area contributed by atoms with Crippen molar-refractivity contribution in [2.75, 3.05) is 10.6 Å². The SMILES string of the molecule is CC(=O)Nc1cc(NC(=O)NC(C)c2ccc(C(C)(C)C)cc2)ccc1F. The molecule has 6 heteroatoms. The average molecular weight is 371 g/mol. The second kappa shape index (κ2) is 8.20. The zero-order valence-corrected chi connectivity index (χ0v) is 16.3. The van der Waals surface area contributed by atoms with E-state index in [0.717, 1.165) is 5.56 Å². The van der Waals surface area contributed by atoms with Crippen LogP contribution in [0.4, 0.5) is 20.6 Å². The lowest BCUT2D eigenvalue weighted by Crippen LogP contribution is -2.31. The second-order valence-corrected chi connectivity index (χ2v) is 7.57. The average Bonchev–Trinajstić information content (AvgIpc) is 2.56. The van der Waals surface area contributed by atoms with E-state index < -0.39 is 11.8 Å². The maximum atomic E-state index is 13.7. The van der Waals surface area contributed by atoms with Crippen LogP contribution in [0.3, 0.4) is 0 Å². The van der Waals surface area contributed by atoms with E-state index in [2.05, 4.69) is 48.9 Å². The fourth-order valence-electron chi connectivity index (χ4n) is 2.61. The third kappa shape index (κ3) is 5.81. The second-order valence-electron chi connectivity index (χ2n) is 7.57. The van der Waals surface area contributed by atoms with E-state index in [1.165, 1.54) is 30.7 Å². The molecule has 5 nitrogen and oxygen atoms in total. The Hall–Kier alpha value is -2.89. The largest absolute Gasteiger partial charge is 0.331 e. The highest BCUT2D eigenvalue weighted by atomic mass is 19.1. The van der Waals surface area contributed by atoms with Gasteiger partial charge < -0.3 is 16.0 Å². The van der Waals surface area contributed by atoms with Crippen LogP contribution in [0.1, 0.15) is 51.8 Å². The zero-order chi connectivity index (χ0) is 20.2. The number of amides is 3. The van der Waals surface area contributed by atoms with E-state index in [4.69, 9.17) is 0 Å². The molecule has 0 aliphatic rings. The molecule has 0 heterocycles. The van der Waals surface area contributed by atoms with E-state index >= 15 is 0 Å². The Bertz CT molecular complexity index is 826. The van der Waals surface area contributed by atoms with Gasteiger partial charge in [0.1, 0.15) is 5.82 Å². The molecule has 0 aliphatic heterocycles. The standard InChI is InChI=1S/C21H26FN3O2/c1-13(15-6-8-16(9-7-15)21(3,4)5)23-20(27)25-17-10-11-18(22)19(12-17)24-14(2)26/h6-13H,1-5H3,(H,24,26)(H2,23,25,27). The summed E-state index contributed by atoms with van der Waals surface area (Å²) in [6, 6.07) is 11.5. The molecule has 144 valence electrons. The number of anilines is 2. The Morgan fingerprint density at radius 3 is 2.19 bits per heavy atom. The molecule has 2 aromatic rings. The maximum absolute atomic E-state index is 13.7. The Morgan fingerprint density at radius 2 is 1.63 bits per heavy atom. The molecule has 0 aromatic heterocycles. The van der Waals surface area contributed by atoms with Crippen molar-refractivity contribution in [2.45, 2.75) is 46.1 Å². The number of halogens is 1. The number of carbonyl (C=O) groups excluding carboxylic acids is 2. The monoisotopic (exact) mass is 371 g/mol. The molecule has 2 rings (SSSR count). The van der Waals surface area contributed by atoms with Gasteiger partial charge in [0.15, 0.2) is 0 Å². The Labute approximate surface area is 159 Å². The minimum atomic E-state index is -0.566. The molecular formula is C21H26FN3O2. The summed E-state index contributed by atoms with van der Waals surface area (Å²) in [6.45, 7) is 9.62. The number of carbonyl (C=O) groups is 2. The number of benzene rings is 2. The molecule has 1 unspecified atom stereocenters. The van der Waals surface area contributed by atoms with Crippen molar-refractivity contribution < 1.29 is 14.0 Å². The molecule has 0 fully saturated rings. The summed E-state index contributed by atoms with van der Waals surface area (Å²) in [4.78, 5) is 23.3. The van der Waals surface area contributed by atoms with Crippen molar-refractivity contribution in [1.82, 2.24) is 5.32 Å². The van der Waals surface area contributed by atoms with Crippen LogP contribution in [0.15, 0.2) is 42.5 Å². The van der Waals surface area contributed by atoms with Crippen molar-refractivity contribution in [3.05, 3.63) is 59.4 Å². The molecule has 27 heavy (non-hydrogen) atoms. The van der Waals surface area contributed by atoms with E-state index in [9.17, 15) is 14.0 Å². The zero-order valence-electron chi connectivity index (χ0n) is 16.3. The normalized spacial score (nSPS) is 12.2. The van der Waals surface area contributed by atoms with Gasteiger partial charge in [0.25, 0.3) is 0 Å². The van der Waals surface area contributed by atoms with E-state index in [1.807, 2.05) is 19.1 Å². The van der Waals surface area contributed by atoms with Gasteiger partial charge in [0, 0.05) is 12.6 Å². The van der Waals surface area contributed by atoms with Gasteiger partial charge in [0.2, 0.25) is 5.91 Å². The molecule has 0 saturated carbocycles. The van der Waals surface area contributed by atoms with Gasteiger partial charge in [-0.05, 0) is 41.7 Å². The quantitative estimate of drug-likeness (QED) is 0.710. The van der Waals surface area contributed by atoms with Crippen molar-refractivity contribution in [2.24, 2.45) is 0 Å². The molecule has 1 atom stereocenters.